The molecule has 0 heteroatoms. The van der Waals surface area contributed by atoms with Crippen molar-refractivity contribution in [3.05, 3.63) is 400 Å². The Hall–Kier alpha value is -14.3. The van der Waals surface area contributed by atoms with Crippen LogP contribution < -0.4 is 0 Å². The second-order valence-electron chi connectivity index (χ2n) is 29.7. The minimum Gasteiger partial charge on any atom is -0.0622 e. The number of hydrogen-bond donors (Lipinski definition) is 0. The number of rotatable bonds is 6. The Morgan fingerprint density at radius 2 is 0.327 bits per heavy atom. The zero-order valence-electron chi connectivity index (χ0n) is 60.1. The average Bonchev–Trinajstić information content (AvgIpc) is 1.56. The Kier molecular flexibility index (Phi) is 13.9. The van der Waals surface area contributed by atoms with E-state index >= 15 is 0 Å². The predicted octanol–water partition coefficient (Wildman–Crippen LogP) is 31.2. The van der Waals surface area contributed by atoms with Crippen molar-refractivity contribution in [3.8, 4) is 89.0 Å². The number of benzene rings is 22. The third kappa shape index (κ3) is 9.15. The normalized spacial score (nSPS) is 12.0. The molecule has 0 atom stereocenters. The molecule has 0 unspecified atom stereocenters. The summed E-state index contributed by atoms with van der Waals surface area (Å²) in [6.07, 6.45) is 0. The monoisotopic (exact) mass is 1390 g/mol. The van der Waals surface area contributed by atoms with Crippen molar-refractivity contribution in [1.82, 2.24) is 0 Å². The second-order valence-corrected chi connectivity index (χ2v) is 29.7. The van der Waals surface area contributed by atoms with E-state index in [0.29, 0.717) is 0 Å². The van der Waals surface area contributed by atoms with Gasteiger partial charge in [-0.3, -0.25) is 0 Å². The van der Waals surface area contributed by atoms with E-state index in [1.807, 2.05) is 0 Å². The van der Waals surface area contributed by atoms with Crippen molar-refractivity contribution >= 4 is 151 Å². The molecule has 0 saturated heterocycles. The summed E-state index contributed by atoms with van der Waals surface area (Å²) < 4.78 is 0. The summed E-state index contributed by atoms with van der Waals surface area (Å²) in [7, 11) is 0. The minimum absolute atomic E-state index is 1.26. The fraction of sp³-hybridized carbons (Fsp3) is 0. The molecule has 1 aliphatic rings. The van der Waals surface area contributed by atoms with E-state index in [1.54, 1.807) is 0 Å². The van der Waals surface area contributed by atoms with Crippen LogP contribution in [0.5, 0.6) is 0 Å². The van der Waals surface area contributed by atoms with Crippen LogP contribution in [-0.4, -0.2) is 0 Å². The molecule has 1 aliphatic carbocycles. The van der Waals surface area contributed by atoms with E-state index in [-0.39, 0.29) is 0 Å². The molecule has 24 aromatic carbocycles. The Bertz CT molecular complexity index is 7250. The van der Waals surface area contributed by atoms with Crippen LogP contribution in [-0.2, 0) is 0 Å². The Morgan fingerprint density at radius 1 is 0.100 bits per heavy atom. The van der Waals surface area contributed by atoms with Crippen LogP contribution in [0.2, 0.25) is 0 Å². The minimum atomic E-state index is 1.26. The molecule has 25 rings (SSSR count). The standard InChI is InChI=1S/C42H24.C38H22.C30H20/c1-3-11-26(12-4-1)37-30-17-7-8-18-31(30)38(27-13-5-2-6-14-27)42-35-24-22-33-29-20-10-16-25-15-9-19-28(36(25)29)32-21-23-34(41(37)42)40(35)39(32)33;1-3-11-25(12-4-1)33-35-27-19-7-15-23-17-9-21-29(31(23)27)37(35)34(26-13-5-2-6-14-26)38-30-22-10-18-24-16-8-20-28(32(24)30)36(33)38;1-3-11-21(12-4-1)29-25-17-9-10-18-26(25)30(22-13-5-2-6-14-22)28-20-24-16-8-7-15-23(24)19-27(28)29/h1-24H;1-22H;1-20H. The van der Waals surface area contributed by atoms with Gasteiger partial charge in [0.1, 0.15) is 0 Å². The first kappa shape index (κ1) is 62.0. The van der Waals surface area contributed by atoms with E-state index in [9.17, 15) is 0 Å². The fourth-order valence-electron chi connectivity index (χ4n) is 19.8. The summed E-state index contributed by atoms with van der Waals surface area (Å²) in [6, 6.07) is 147. The lowest BCUT2D eigenvalue weighted by Crippen LogP contribution is -1.93. The van der Waals surface area contributed by atoms with Crippen LogP contribution in [0.4, 0.5) is 0 Å². The second kappa shape index (κ2) is 24.6. The Labute approximate surface area is 635 Å². The molecule has 110 heavy (non-hydrogen) atoms. The van der Waals surface area contributed by atoms with Gasteiger partial charge in [-0.1, -0.05) is 388 Å². The smallest absolute Gasteiger partial charge is 0.000719 e. The highest BCUT2D eigenvalue weighted by atomic mass is 14.4. The molecular formula is C110H66. The maximum Gasteiger partial charge on any atom is -0.000719 e. The van der Waals surface area contributed by atoms with Crippen LogP contribution in [0.15, 0.2) is 400 Å². The SMILES string of the molecule is c1ccc(-c2c3c(c(-c4ccccc4)c4ccccc24)-c2ccc4c5cccc6cccc(c7ccc-3c2c74)c65)cc1.c1ccc(-c2c3c4cccc5cccc(c3c(-c3ccccc3)c3c6cccc7cccc(c23)c76)c54)cc1.c1ccc(-c2c3ccccc3c(-c3ccccc3)c3cc4ccccc4cc23)cc1. The first-order valence-electron chi connectivity index (χ1n) is 38.4. The van der Waals surface area contributed by atoms with Crippen molar-refractivity contribution in [3.63, 3.8) is 0 Å². The van der Waals surface area contributed by atoms with Crippen molar-refractivity contribution in [2.75, 3.05) is 0 Å². The molecular weight excluding hydrogens is 1320 g/mol. The highest BCUT2D eigenvalue weighted by Crippen LogP contribution is 2.61. The molecule has 0 saturated carbocycles. The van der Waals surface area contributed by atoms with Crippen LogP contribution >= 0.6 is 0 Å². The number of hydrogen-bond acceptors (Lipinski definition) is 0. The molecule has 0 nitrogen and oxygen atoms in total. The average molecular weight is 1390 g/mol. The molecule has 0 heterocycles. The molecule has 0 aliphatic heterocycles. The van der Waals surface area contributed by atoms with Crippen molar-refractivity contribution in [2.24, 2.45) is 0 Å². The summed E-state index contributed by atoms with van der Waals surface area (Å²) in [5.41, 5.74) is 21.0. The van der Waals surface area contributed by atoms with E-state index in [1.165, 1.54) is 240 Å². The van der Waals surface area contributed by atoms with E-state index in [4.69, 9.17) is 0 Å². The zero-order valence-corrected chi connectivity index (χ0v) is 60.1. The van der Waals surface area contributed by atoms with Crippen molar-refractivity contribution in [2.45, 2.75) is 0 Å². The first-order chi connectivity index (χ1) is 54.7. The largest absolute Gasteiger partial charge is 0.0622 e. The molecule has 506 valence electrons. The highest BCUT2D eigenvalue weighted by molar-refractivity contribution is 6.47. The topological polar surface area (TPSA) is 0 Å². The van der Waals surface area contributed by atoms with Gasteiger partial charge in [-0.25, -0.2) is 0 Å². The maximum absolute atomic E-state index is 2.40. The Morgan fingerprint density at radius 3 is 0.645 bits per heavy atom. The summed E-state index contributed by atoms with van der Waals surface area (Å²) in [5, 5.41) is 37.3. The van der Waals surface area contributed by atoms with E-state index in [0.717, 1.165) is 0 Å². The summed E-state index contributed by atoms with van der Waals surface area (Å²) in [5.74, 6) is 0. The molecule has 0 N–H and O–H groups in total. The molecule has 0 fully saturated rings. The Balaban J connectivity index is 0.000000100. The van der Waals surface area contributed by atoms with Crippen LogP contribution in [0.1, 0.15) is 0 Å². The van der Waals surface area contributed by atoms with E-state index < -0.39 is 0 Å². The lowest BCUT2D eigenvalue weighted by Gasteiger charge is -2.20. The quantitative estimate of drug-likeness (QED) is 0.115. The lowest BCUT2D eigenvalue weighted by molar-refractivity contribution is 1.62. The number of fused-ring (bicyclic) bond motifs is 15. The van der Waals surface area contributed by atoms with Gasteiger partial charge in [0.15, 0.2) is 0 Å². The van der Waals surface area contributed by atoms with Crippen molar-refractivity contribution in [1.29, 1.82) is 0 Å². The third-order valence-corrected chi connectivity index (χ3v) is 24.1. The molecule has 0 amide bonds. The van der Waals surface area contributed by atoms with Crippen LogP contribution in [0.25, 0.3) is 240 Å². The summed E-state index contributed by atoms with van der Waals surface area (Å²) in [6.45, 7) is 0. The summed E-state index contributed by atoms with van der Waals surface area (Å²) in [4.78, 5) is 0. The fourth-order valence-corrected chi connectivity index (χ4v) is 19.8. The van der Waals surface area contributed by atoms with Gasteiger partial charge in [0.05, 0.1) is 0 Å². The van der Waals surface area contributed by atoms with E-state index in [2.05, 4.69) is 400 Å². The molecule has 0 spiro atoms. The summed E-state index contributed by atoms with van der Waals surface area (Å²) >= 11 is 0. The molecule has 0 radical (unpaired) electrons. The zero-order chi connectivity index (χ0) is 72.1. The van der Waals surface area contributed by atoms with Gasteiger partial charge >= 0.3 is 0 Å². The lowest BCUT2D eigenvalue weighted by atomic mass is 9.82. The van der Waals surface area contributed by atoms with Gasteiger partial charge in [-0.05, 0) is 252 Å². The third-order valence-electron chi connectivity index (χ3n) is 24.1. The van der Waals surface area contributed by atoms with Crippen LogP contribution in [0, 0.1) is 0 Å². The molecule has 24 aromatic rings. The van der Waals surface area contributed by atoms with Gasteiger partial charge in [0.25, 0.3) is 0 Å². The van der Waals surface area contributed by atoms with Gasteiger partial charge < -0.3 is 0 Å². The maximum atomic E-state index is 2.40. The van der Waals surface area contributed by atoms with Gasteiger partial charge in [0.2, 0.25) is 0 Å². The van der Waals surface area contributed by atoms with Gasteiger partial charge in [-0.2, -0.15) is 0 Å². The predicted molar refractivity (Wildman–Crippen MR) is 475 cm³/mol. The first-order valence-corrected chi connectivity index (χ1v) is 38.4. The molecule has 0 aromatic heterocycles. The highest BCUT2D eigenvalue weighted by Gasteiger charge is 2.33. The van der Waals surface area contributed by atoms with Gasteiger partial charge in [0, 0.05) is 0 Å². The van der Waals surface area contributed by atoms with Gasteiger partial charge in [-0.15, -0.1) is 0 Å². The van der Waals surface area contributed by atoms with Crippen molar-refractivity contribution < 1.29 is 0 Å². The molecule has 0 bridgehead atoms. The van der Waals surface area contributed by atoms with Crippen LogP contribution in [0.3, 0.4) is 0 Å².